The molecule has 3 nitrogen and oxygen atoms in total. The lowest BCUT2D eigenvalue weighted by Crippen LogP contribution is -1.98. The van der Waals surface area contributed by atoms with Crippen LogP contribution in [0.5, 0.6) is 11.5 Å². The minimum absolute atomic E-state index is 0.0724. The van der Waals surface area contributed by atoms with E-state index in [0.717, 1.165) is 17.6 Å². The molecule has 0 aromatic heterocycles. The summed E-state index contributed by atoms with van der Waals surface area (Å²) in [6.45, 7) is 6.64. The van der Waals surface area contributed by atoms with Gasteiger partial charge >= 0.3 is 0 Å². The predicted octanol–water partition coefficient (Wildman–Crippen LogP) is 6.76. The van der Waals surface area contributed by atoms with E-state index >= 15 is 0 Å². The van der Waals surface area contributed by atoms with Crippen LogP contribution >= 0.6 is 0 Å². The van der Waals surface area contributed by atoms with Gasteiger partial charge in [-0.1, -0.05) is 62.1 Å². The van der Waals surface area contributed by atoms with Crippen molar-refractivity contribution < 1.29 is 14.6 Å². The van der Waals surface area contributed by atoms with Crippen molar-refractivity contribution in [2.24, 2.45) is 0 Å². The molecule has 29 heavy (non-hydrogen) atoms. The van der Waals surface area contributed by atoms with Crippen LogP contribution in [0.1, 0.15) is 67.9 Å². The molecular formula is C26H32O3. The van der Waals surface area contributed by atoms with Crippen molar-refractivity contribution in [3.8, 4) is 11.5 Å². The summed E-state index contributed by atoms with van der Waals surface area (Å²) in [5.74, 6) is 0.230. The Balaban J connectivity index is 1.93. The summed E-state index contributed by atoms with van der Waals surface area (Å²) in [5.41, 5.74) is 3.72. The van der Waals surface area contributed by atoms with Gasteiger partial charge in [0.15, 0.2) is 5.78 Å². The molecule has 0 aliphatic carbocycles. The van der Waals surface area contributed by atoms with E-state index in [-0.39, 0.29) is 17.1 Å². The zero-order chi connectivity index (χ0) is 21.1. The van der Waals surface area contributed by atoms with Crippen LogP contribution in [0.15, 0.2) is 60.2 Å². The summed E-state index contributed by atoms with van der Waals surface area (Å²) < 4.78 is 5.55. The molecule has 0 aliphatic heterocycles. The standard InChI is InChI=1S/C26H32O3/c1-4-5-6-7-8-21-9-11-22(12-10-21)13-16-25(27)24-15-14-23(19-26(24)28)29-18-17-20(2)3/h9-17,19,28H,4-8,18H2,1-3H3. The Kier molecular flexibility index (Phi) is 9.23. The quantitative estimate of drug-likeness (QED) is 0.199. The van der Waals surface area contributed by atoms with Crippen LogP contribution in [0.4, 0.5) is 0 Å². The molecule has 0 fully saturated rings. The van der Waals surface area contributed by atoms with Crippen molar-refractivity contribution >= 4 is 11.9 Å². The van der Waals surface area contributed by atoms with Gasteiger partial charge < -0.3 is 9.84 Å². The summed E-state index contributed by atoms with van der Waals surface area (Å²) >= 11 is 0. The van der Waals surface area contributed by atoms with E-state index in [4.69, 9.17) is 4.74 Å². The Morgan fingerprint density at radius 3 is 2.45 bits per heavy atom. The first-order chi connectivity index (χ1) is 14.0. The number of hydrogen-bond acceptors (Lipinski definition) is 3. The average molecular weight is 393 g/mol. The second-order valence-electron chi connectivity index (χ2n) is 7.52. The molecule has 2 aromatic carbocycles. The maximum absolute atomic E-state index is 12.4. The number of aryl methyl sites for hydroxylation is 1. The van der Waals surface area contributed by atoms with Gasteiger partial charge in [0.05, 0.1) is 5.56 Å². The summed E-state index contributed by atoms with van der Waals surface area (Å²) in [4.78, 5) is 12.4. The molecule has 0 unspecified atom stereocenters. The van der Waals surface area contributed by atoms with Gasteiger partial charge in [-0.15, -0.1) is 0 Å². The molecule has 0 heterocycles. The van der Waals surface area contributed by atoms with E-state index in [1.54, 1.807) is 18.2 Å². The molecule has 1 N–H and O–H groups in total. The topological polar surface area (TPSA) is 46.5 Å². The molecule has 2 aromatic rings. The van der Waals surface area contributed by atoms with E-state index in [1.165, 1.54) is 43.4 Å². The van der Waals surface area contributed by atoms with Gasteiger partial charge in [-0.2, -0.15) is 0 Å². The fourth-order valence-electron chi connectivity index (χ4n) is 2.93. The Morgan fingerprint density at radius 2 is 1.79 bits per heavy atom. The number of phenolic OH excluding ortho intramolecular Hbond substituents is 1. The van der Waals surface area contributed by atoms with Crippen molar-refractivity contribution in [1.29, 1.82) is 0 Å². The third-order valence-electron chi connectivity index (χ3n) is 4.70. The zero-order valence-electron chi connectivity index (χ0n) is 17.8. The van der Waals surface area contributed by atoms with Crippen LogP contribution in [0.3, 0.4) is 0 Å². The number of unbranched alkanes of at least 4 members (excludes halogenated alkanes) is 3. The van der Waals surface area contributed by atoms with Crippen LogP contribution in [-0.4, -0.2) is 17.5 Å². The number of phenols is 1. The van der Waals surface area contributed by atoms with E-state index in [2.05, 4.69) is 19.1 Å². The van der Waals surface area contributed by atoms with E-state index in [1.807, 2.05) is 32.1 Å². The van der Waals surface area contributed by atoms with Crippen LogP contribution < -0.4 is 4.74 Å². The highest BCUT2D eigenvalue weighted by atomic mass is 16.5. The van der Waals surface area contributed by atoms with Crippen molar-refractivity contribution in [1.82, 2.24) is 0 Å². The highest BCUT2D eigenvalue weighted by molar-refractivity contribution is 6.08. The smallest absolute Gasteiger partial charge is 0.189 e. The average Bonchev–Trinajstić information content (AvgIpc) is 2.70. The van der Waals surface area contributed by atoms with Gasteiger partial charge in [0.25, 0.3) is 0 Å². The van der Waals surface area contributed by atoms with E-state index in [9.17, 15) is 9.90 Å². The molecule has 0 radical (unpaired) electrons. The lowest BCUT2D eigenvalue weighted by molar-refractivity contribution is 0.104. The summed E-state index contributed by atoms with van der Waals surface area (Å²) in [6.07, 6.45) is 11.4. The summed E-state index contributed by atoms with van der Waals surface area (Å²) in [6, 6.07) is 13.1. The van der Waals surface area contributed by atoms with Crippen molar-refractivity contribution in [2.75, 3.05) is 6.61 Å². The highest BCUT2D eigenvalue weighted by Gasteiger charge is 2.09. The number of carbonyl (C=O) groups excluding carboxylic acids is 1. The van der Waals surface area contributed by atoms with Crippen molar-refractivity contribution in [2.45, 2.75) is 52.9 Å². The lowest BCUT2D eigenvalue weighted by atomic mass is 10.0. The molecular weight excluding hydrogens is 360 g/mol. The Morgan fingerprint density at radius 1 is 1.03 bits per heavy atom. The van der Waals surface area contributed by atoms with Crippen LogP contribution in [0.25, 0.3) is 6.08 Å². The second kappa shape index (κ2) is 11.9. The van der Waals surface area contributed by atoms with Gasteiger partial charge in [0.2, 0.25) is 0 Å². The number of allylic oxidation sites excluding steroid dienone is 2. The first-order valence-corrected chi connectivity index (χ1v) is 10.4. The van der Waals surface area contributed by atoms with Crippen molar-refractivity contribution in [3.63, 3.8) is 0 Å². The van der Waals surface area contributed by atoms with Gasteiger partial charge in [0.1, 0.15) is 18.1 Å². The molecule has 0 bridgehead atoms. The highest BCUT2D eigenvalue weighted by Crippen LogP contribution is 2.24. The molecule has 0 spiro atoms. The fraction of sp³-hybridized carbons (Fsp3) is 0.346. The first-order valence-electron chi connectivity index (χ1n) is 10.4. The molecule has 0 saturated carbocycles. The maximum atomic E-state index is 12.4. The largest absolute Gasteiger partial charge is 0.507 e. The normalized spacial score (nSPS) is 10.9. The summed E-state index contributed by atoms with van der Waals surface area (Å²) in [7, 11) is 0. The maximum Gasteiger partial charge on any atom is 0.189 e. The number of benzene rings is 2. The Labute approximate surface area is 174 Å². The van der Waals surface area contributed by atoms with Crippen LogP contribution in [0.2, 0.25) is 0 Å². The predicted molar refractivity (Wildman–Crippen MR) is 121 cm³/mol. The van der Waals surface area contributed by atoms with Gasteiger partial charge in [-0.25, -0.2) is 0 Å². The van der Waals surface area contributed by atoms with E-state index in [0.29, 0.717) is 12.4 Å². The lowest BCUT2D eigenvalue weighted by Gasteiger charge is -2.06. The zero-order valence-corrected chi connectivity index (χ0v) is 17.8. The third kappa shape index (κ3) is 7.98. The van der Waals surface area contributed by atoms with Gasteiger partial charge in [-0.3, -0.25) is 4.79 Å². The molecule has 0 saturated heterocycles. The second-order valence-corrected chi connectivity index (χ2v) is 7.52. The third-order valence-corrected chi connectivity index (χ3v) is 4.70. The van der Waals surface area contributed by atoms with Gasteiger partial charge in [0, 0.05) is 6.07 Å². The summed E-state index contributed by atoms with van der Waals surface area (Å²) in [5, 5.41) is 10.2. The van der Waals surface area contributed by atoms with Crippen molar-refractivity contribution in [3.05, 3.63) is 76.9 Å². The monoisotopic (exact) mass is 392 g/mol. The van der Waals surface area contributed by atoms with Gasteiger partial charge in [-0.05, 0) is 62.1 Å². The number of aromatic hydroxyl groups is 1. The molecule has 0 aliphatic rings. The minimum atomic E-state index is -0.234. The molecule has 3 heteroatoms. The molecule has 0 amide bonds. The molecule has 0 atom stereocenters. The fourth-order valence-corrected chi connectivity index (χ4v) is 2.93. The Bertz CT molecular complexity index is 841. The number of carbonyl (C=O) groups is 1. The molecule has 154 valence electrons. The van der Waals surface area contributed by atoms with Crippen LogP contribution in [0, 0.1) is 0 Å². The van der Waals surface area contributed by atoms with Crippen LogP contribution in [-0.2, 0) is 6.42 Å². The van der Waals surface area contributed by atoms with E-state index < -0.39 is 0 Å². The number of ketones is 1. The minimum Gasteiger partial charge on any atom is -0.507 e. The Hall–Kier alpha value is -2.81. The first kappa shape index (κ1) is 22.5. The SMILES string of the molecule is CCCCCCc1ccc(C=CC(=O)c2ccc(OCC=C(C)C)cc2O)cc1. The number of ether oxygens (including phenoxy) is 1. The number of hydrogen-bond donors (Lipinski definition) is 1. The molecule has 2 rings (SSSR count). The number of rotatable bonds is 11.